The van der Waals surface area contributed by atoms with Crippen LogP contribution in [0.3, 0.4) is 0 Å². The second kappa shape index (κ2) is 7.75. The van der Waals surface area contributed by atoms with Crippen LogP contribution in [0.15, 0.2) is 46.0 Å². The first-order chi connectivity index (χ1) is 14.7. The third-order valence-corrected chi connectivity index (χ3v) is 7.10. The number of benzene rings is 2. The fourth-order valence-electron chi connectivity index (χ4n) is 3.38. The molecule has 31 heavy (non-hydrogen) atoms. The summed E-state index contributed by atoms with van der Waals surface area (Å²) in [5.74, 6) is -0.616. The number of sulfonamides is 1. The molecule has 1 saturated carbocycles. The fraction of sp³-hybridized carbons (Fsp3) is 0.211. The Balaban J connectivity index is 1.81. The van der Waals surface area contributed by atoms with Gasteiger partial charge >= 0.3 is 0 Å². The third-order valence-electron chi connectivity index (χ3n) is 5.21. The molecule has 0 bridgehead atoms. The Morgan fingerprint density at radius 3 is 2.55 bits per heavy atom. The van der Waals surface area contributed by atoms with Crippen LogP contribution in [0, 0.1) is 11.3 Å². The van der Waals surface area contributed by atoms with E-state index in [2.05, 4.69) is 47.2 Å². The highest BCUT2D eigenvalue weighted by Crippen LogP contribution is 2.47. The molecule has 1 aliphatic carbocycles. The minimum Gasteiger partial charge on any atom is -0.507 e. The van der Waals surface area contributed by atoms with Crippen LogP contribution in [0.4, 0.5) is 17.3 Å². The van der Waals surface area contributed by atoms with Gasteiger partial charge in [-0.05, 0) is 55.2 Å². The van der Waals surface area contributed by atoms with E-state index in [1.165, 1.54) is 30.6 Å². The lowest BCUT2D eigenvalue weighted by Crippen LogP contribution is -2.32. The molecule has 2 aromatic carbocycles. The van der Waals surface area contributed by atoms with Gasteiger partial charge in [0.15, 0.2) is 5.75 Å². The van der Waals surface area contributed by atoms with Crippen LogP contribution in [0.2, 0.25) is 0 Å². The predicted octanol–water partition coefficient (Wildman–Crippen LogP) is 3.47. The molecule has 5 N–H and O–H groups in total. The summed E-state index contributed by atoms with van der Waals surface area (Å²) < 4.78 is 28.7. The molecule has 0 amide bonds. The Morgan fingerprint density at radius 2 is 1.94 bits per heavy atom. The van der Waals surface area contributed by atoms with Crippen LogP contribution < -0.4 is 10.0 Å². The van der Waals surface area contributed by atoms with Gasteiger partial charge in [-0.1, -0.05) is 15.9 Å². The second-order valence-corrected chi connectivity index (χ2v) is 9.71. The standard InChI is InChI=1S/C19H17BrN6O4S/c20-12-2-3-15(27)16(8-12)31(29,30)26-14-7-11(19(9-21)4-1-5-19)6-13(17(14)28)24-18-22-10-23-25-18/h2-3,6-8,10,26-28H,1,4-5H2,(H2,22,23,24,25). The molecule has 10 nitrogen and oxygen atoms in total. The molecule has 1 fully saturated rings. The molecular formula is C19H17BrN6O4S. The zero-order valence-electron chi connectivity index (χ0n) is 15.9. The van der Waals surface area contributed by atoms with Gasteiger partial charge in [0.05, 0.1) is 22.9 Å². The number of nitrogens with zero attached hydrogens (tertiary/aromatic N) is 3. The molecule has 0 saturated heterocycles. The maximum atomic E-state index is 13.0. The zero-order chi connectivity index (χ0) is 22.2. The normalized spacial score (nSPS) is 15.0. The van der Waals surface area contributed by atoms with Crippen LogP contribution in [0.5, 0.6) is 11.5 Å². The second-order valence-electron chi connectivity index (χ2n) is 7.14. The molecule has 0 unspecified atom stereocenters. The average molecular weight is 505 g/mol. The summed E-state index contributed by atoms with van der Waals surface area (Å²) in [4.78, 5) is 3.58. The van der Waals surface area contributed by atoms with Gasteiger partial charge in [0.25, 0.3) is 10.0 Å². The van der Waals surface area contributed by atoms with E-state index in [1.807, 2.05) is 0 Å². The monoisotopic (exact) mass is 504 g/mol. The number of aromatic amines is 1. The quantitative estimate of drug-likeness (QED) is 0.318. The van der Waals surface area contributed by atoms with Crippen LogP contribution >= 0.6 is 15.9 Å². The summed E-state index contributed by atoms with van der Waals surface area (Å²) in [5, 5.41) is 39.7. The first-order valence-electron chi connectivity index (χ1n) is 9.16. The van der Waals surface area contributed by atoms with Gasteiger partial charge in [-0.3, -0.25) is 4.72 Å². The summed E-state index contributed by atoms with van der Waals surface area (Å²) >= 11 is 3.18. The summed E-state index contributed by atoms with van der Waals surface area (Å²) in [6.45, 7) is 0. The van der Waals surface area contributed by atoms with Crippen LogP contribution in [-0.4, -0.2) is 33.8 Å². The summed E-state index contributed by atoms with van der Waals surface area (Å²) in [6, 6.07) is 9.32. The van der Waals surface area contributed by atoms with Gasteiger partial charge < -0.3 is 15.5 Å². The van der Waals surface area contributed by atoms with E-state index in [-0.39, 0.29) is 22.2 Å². The fourth-order valence-corrected chi connectivity index (χ4v) is 5.07. The van der Waals surface area contributed by atoms with Gasteiger partial charge in [0, 0.05) is 4.47 Å². The zero-order valence-corrected chi connectivity index (χ0v) is 18.3. The maximum absolute atomic E-state index is 13.0. The number of nitriles is 1. The largest absolute Gasteiger partial charge is 0.507 e. The van der Waals surface area contributed by atoms with Gasteiger partial charge in [-0.25, -0.2) is 13.5 Å². The summed E-state index contributed by atoms with van der Waals surface area (Å²) in [7, 11) is -4.26. The molecule has 1 aliphatic rings. The van der Waals surface area contributed by atoms with Crippen LogP contribution in [0.1, 0.15) is 24.8 Å². The van der Waals surface area contributed by atoms with Crippen molar-refractivity contribution in [2.24, 2.45) is 0 Å². The number of anilines is 3. The van der Waals surface area contributed by atoms with Crippen LogP contribution in [0.25, 0.3) is 0 Å². The molecule has 1 aromatic heterocycles. The number of hydrogen-bond donors (Lipinski definition) is 5. The van der Waals surface area contributed by atoms with Crippen molar-refractivity contribution in [2.75, 3.05) is 10.0 Å². The number of aromatic hydroxyl groups is 2. The Labute approximate surface area is 186 Å². The molecule has 1 heterocycles. The number of hydrogen-bond acceptors (Lipinski definition) is 8. The maximum Gasteiger partial charge on any atom is 0.265 e. The lowest BCUT2D eigenvalue weighted by atomic mass is 9.65. The number of nitrogens with one attached hydrogen (secondary N) is 3. The van der Waals surface area contributed by atoms with Crippen molar-refractivity contribution in [1.29, 1.82) is 5.26 Å². The van der Waals surface area contributed by atoms with E-state index in [9.17, 15) is 23.9 Å². The molecule has 0 radical (unpaired) electrons. The Morgan fingerprint density at radius 1 is 1.19 bits per heavy atom. The van der Waals surface area contributed by atoms with Gasteiger partial charge in [0.2, 0.25) is 5.95 Å². The highest BCUT2D eigenvalue weighted by atomic mass is 79.9. The van der Waals surface area contributed by atoms with Crippen LogP contribution in [-0.2, 0) is 15.4 Å². The first-order valence-corrected chi connectivity index (χ1v) is 11.4. The predicted molar refractivity (Wildman–Crippen MR) is 116 cm³/mol. The number of phenolic OH excluding ortho intramolecular Hbond substituents is 2. The number of aromatic nitrogens is 3. The highest BCUT2D eigenvalue weighted by Gasteiger charge is 2.40. The Kier molecular flexibility index (Phi) is 5.24. The first kappa shape index (κ1) is 21.0. The van der Waals surface area contributed by atoms with E-state index < -0.39 is 26.9 Å². The summed E-state index contributed by atoms with van der Waals surface area (Å²) in [5.41, 5.74) is -0.214. The van der Waals surface area contributed by atoms with Crippen molar-refractivity contribution in [3.8, 4) is 17.6 Å². The number of rotatable bonds is 6. The smallest absolute Gasteiger partial charge is 0.265 e. The van der Waals surface area contributed by atoms with Crippen molar-refractivity contribution in [3.05, 3.63) is 46.7 Å². The minimum absolute atomic E-state index is 0.139. The van der Waals surface area contributed by atoms with E-state index in [4.69, 9.17) is 0 Å². The molecular weight excluding hydrogens is 488 g/mol. The van der Waals surface area contributed by atoms with Crippen molar-refractivity contribution < 1.29 is 18.6 Å². The SMILES string of the molecule is N#CC1(c2cc(Nc3ncn[nH]3)c(O)c(NS(=O)(=O)c3cc(Br)ccc3O)c2)CCC1. The molecule has 4 rings (SSSR count). The highest BCUT2D eigenvalue weighted by molar-refractivity contribution is 9.10. The minimum atomic E-state index is -4.26. The lowest BCUT2D eigenvalue weighted by molar-refractivity contribution is 0.324. The molecule has 3 aromatic rings. The number of phenols is 2. The number of halogens is 1. The van der Waals surface area contributed by atoms with E-state index >= 15 is 0 Å². The topological polar surface area (TPSA) is 164 Å². The van der Waals surface area contributed by atoms with Gasteiger partial charge in [-0.2, -0.15) is 15.3 Å². The van der Waals surface area contributed by atoms with Crippen molar-refractivity contribution >= 4 is 43.3 Å². The van der Waals surface area contributed by atoms with Crippen molar-refractivity contribution in [1.82, 2.24) is 15.2 Å². The van der Waals surface area contributed by atoms with Crippen molar-refractivity contribution in [3.63, 3.8) is 0 Å². The van der Waals surface area contributed by atoms with Gasteiger partial charge in [-0.15, -0.1) is 0 Å². The molecule has 0 spiro atoms. The molecule has 0 atom stereocenters. The molecule has 160 valence electrons. The summed E-state index contributed by atoms with van der Waals surface area (Å²) in [6.07, 6.45) is 3.38. The van der Waals surface area contributed by atoms with E-state index in [1.54, 1.807) is 6.07 Å². The van der Waals surface area contributed by atoms with E-state index in [0.29, 0.717) is 22.9 Å². The molecule has 12 heteroatoms. The van der Waals surface area contributed by atoms with Gasteiger partial charge in [0.1, 0.15) is 17.0 Å². The molecule has 0 aliphatic heterocycles. The third kappa shape index (κ3) is 3.89. The lowest BCUT2D eigenvalue weighted by Gasteiger charge is -2.36. The Bertz CT molecular complexity index is 1280. The van der Waals surface area contributed by atoms with Crippen molar-refractivity contribution in [2.45, 2.75) is 29.6 Å². The van der Waals surface area contributed by atoms with E-state index in [0.717, 1.165) is 6.42 Å². The average Bonchev–Trinajstić information content (AvgIpc) is 3.19. The Hall–Kier alpha value is -3.30. The number of H-pyrrole nitrogens is 1.